The Balaban J connectivity index is 1.16. The van der Waals surface area contributed by atoms with Gasteiger partial charge in [-0.2, -0.15) is 0 Å². The first-order valence-electron chi connectivity index (χ1n) is 20.7. The Kier molecular flexibility index (Phi) is 7.66. The van der Waals surface area contributed by atoms with Gasteiger partial charge in [-0.3, -0.25) is 4.57 Å². The van der Waals surface area contributed by atoms with Crippen molar-refractivity contribution in [2.24, 2.45) is 0 Å². The molecule has 4 heteroatoms. The first-order valence-corrected chi connectivity index (χ1v) is 22.3. The third-order valence-corrected chi connectivity index (χ3v) is 16.6. The molecule has 0 spiro atoms. The van der Waals surface area contributed by atoms with E-state index in [-0.39, 0.29) is 5.41 Å². The predicted octanol–water partition coefficient (Wildman–Crippen LogP) is 14.9. The minimum atomic E-state index is -2.00. The maximum absolute atomic E-state index is 5.84. The summed E-state index contributed by atoms with van der Waals surface area (Å²) in [7, 11) is -2.00. The van der Waals surface area contributed by atoms with E-state index in [1.807, 2.05) is 0 Å². The molecule has 11 aromatic rings. The molecular formula is C56H41N3S. The molecule has 12 rings (SSSR count). The van der Waals surface area contributed by atoms with Crippen LogP contribution in [0.3, 0.4) is 0 Å². The summed E-state index contributed by atoms with van der Waals surface area (Å²) in [6, 6.07) is 78.0. The highest BCUT2D eigenvalue weighted by molar-refractivity contribution is 8.33. The van der Waals surface area contributed by atoms with Gasteiger partial charge in [0.2, 0.25) is 0 Å². The van der Waals surface area contributed by atoms with Crippen molar-refractivity contribution in [1.29, 1.82) is 0 Å². The monoisotopic (exact) mass is 787 g/mol. The van der Waals surface area contributed by atoms with Crippen molar-refractivity contribution < 1.29 is 0 Å². The van der Waals surface area contributed by atoms with E-state index >= 15 is 0 Å². The zero-order chi connectivity index (χ0) is 40.0. The summed E-state index contributed by atoms with van der Waals surface area (Å²) in [6.45, 7) is 4.70. The molecule has 1 aliphatic carbocycles. The lowest BCUT2D eigenvalue weighted by Gasteiger charge is -2.41. The molecule has 3 nitrogen and oxygen atoms in total. The van der Waals surface area contributed by atoms with Gasteiger partial charge in [-0.25, -0.2) is 4.98 Å². The highest BCUT2D eigenvalue weighted by Crippen LogP contribution is 2.72. The van der Waals surface area contributed by atoms with Gasteiger partial charge in [0.25, 0.3) is 0 Å². The van der Waals surface area contributed by atoms with E-state index in [4.69, 9.17) is 4.98 Å². The van der Waals surface area contributed by atoms with Crippen LogP contribution in [-0.4, -0.2) is 14.1 Å². The van der Waals surface area contributed by atoms with E-state index < -0.39 is 10.0 Å². The largest absolute Gasteiger partial charge is 0.309 e. The van der Waals surface area contributed by atoms with Gasteiger partial charge in [0.05, 0.1) is 27.1 Å². The van der Waals surface area contributed by atoms with E-state index in [2.05, 4.69) is 235 Å². The second kappa shape index (κ2) is 13.2. The molecule has 60 heavy (non-hydrogen) atoms. The standard InChI is InChI=1S/C56H41N3S/c1-56(2)47-28-15-12-25-42(47)46-37-38(33-35-48(46)56)58-50-30-17-14-27-45(50)54-51(58)36-34-44-43-26-13-16-29-49(43)59(55(44)54)52-31-18-32-53(57-52)60(39-19-6-3-7-20-39,40-21-8-4-9-22-40)41-23-10-5-11-24-41/h3-37H,1-2H3. The summed E-state index contributed by atoms with van der Waals surface area (Å²) in [5.74, 6) is 0.902. The summed E-state index contributed by atoms with van der Waals surface area (Å²) in [5.41, 5.74) is 11.2. The maximum atomic E-state index is 5.84. The molecule has 0 unspecified atom stereocenters. The summed E-state index contributed by atoms with van der Waals surface area (Å²) in [6.07, 6.45) is 0. The molecule has 8 aromatic carbocycles. The van der Waals surface area contributed by atoms with Gasteiger partial charge in [-0.1, -0.05) is 147 Å². The summed E-state index contributed by atoms with van der Waals surface area (Å²) < 4.78 is 4.90. The highest BCUT2D eigenvalue weighted by atomic mass is 32.3. The summed E-state index contributed by atoms with van der Waals surface area (Å²) in [5, 5.41) is 5.91. The van der Waals surface area contributed by atoms with Crippen molar-refractivity contribution in [3.05, 3.63) is 223 Å². The molecule has 3 heterocycles. The Morgan fingerprint density at radius 3 is 1.67 bits per heavy atom. The first-order chi connectivity index (χ1) is 29.5. The molecule has 286 valence electrons. The number of hydrogen-bond acceptors (Lipinski definition) is 1. The SMILES string of the molecule is CC1(C)c2ccccc2-c2cc(-n3c4ccccc4c4c3ccc3c5ccccc5n(-c5cccc(S(c6ccccc6)(c6ccccc6)c6ccccc6)n5)c34)ccc21. The van der Waals surface area contributed by atoms with Crippen LogP contribution >= 0.6 is 10.0 Å². The molecule has 0 bridgehead atoms. The number of fused-ring (bicyclic) bond motifs is 10. The molecule has 0 N–H and O–H groups in total. The minimum absolute atomic E-state index is 0.0548. The number of rotatable bonds is 6. The highest BCUT2D eigenvalue weighted by Gasteiger charge is 2.37. The zero-order valence-corrected chi connectivity index (χ0v) is 34.3. The Labute approximate surface area is 351 Å². The van der Waals surface area contributed by atoms with Crippen molar-refractivity contribution in [2.75, 3.05) is 0 Å². The summed E-state index contributed by atoms with van der Waals surface area (Å²) >= 11 is 0. The van der Waals surface area contributed by atoms with Crippen LogP contribution < -0.4 is 0 Å². The van der Waals surface area contributed by atoms with E-state index in [1.54, 1.807) is 0 Å². The molecule has 0 aliphatic heterocycles. The Hall–Kier alpha value is -7.14. The van der Waals surface area contributed by atoms with E-state index in [1.165, 1.54) is 75.0 Å². The fraction of sp³-hybridized carbons (Fsp3) is 0.0536. The second-order valence-electron chi connectivity index (χ2n) is 16.3. The molecule has 0 radical (unpaired) electrons. The topological polar surface area (TPSA) is 22.8 Å². The van der Waals surface area contributed by atoms with Gasteiger partial charge in [0.1, 0.15) is 5.82 Å². The lowest BCUT2D eigenvalue weighted by atomic mass is 9.82. The lowest BCUT2D eigenvalue weighted by Crippen LogP contribution is -2.14. The third-order valence-electron chi connectivity index (χ3n) is 12.8. The second-order valence-corrected chi connectivity index (χ2v) is 19.4. The molecule has 0 amide bonds. The van der Waals surface area contributed by atoms with Crippen molar-refractivity contribution in [2.45, 2.75) is 39.0 Å². The number of benzene rings is 8. The van der Waals surface area contributed by atoms with Crippen LogP contribution in [0.2, 0.25) is 0 Å². The van der Waals surface area contributed by atoms with Crippen LogP contribution in [0.25, 0.3) is 66.2 Å². The van der Waals surface area contributed by atoms with Crippen LogP contribution in [0.5, 0.6) is 0 Å². The number of aromatic nitrogens is 3. The van der Waals surface area contributed by atoms with Gasteiger partial charge < -0.3 is 4.57 Å². The maximum Gasteiger partial charge on any atom is 0.138 e. The molecule has 0 fully saturated rings. The third kappa shape index (κ3) is 4.83. The van der Waals surface area contributed by atoms with Crippen molar-refractivity contribution in [1.82, 2.24) is 14.1 Å². The average Bonchev–Trinajstić information content (AvgIpc) is 3.91. The van der Waals surface area contributed by atoms with Gasteiger partial charge in [-0.05, 0) is 101 Å². The minimum Gasteiger partial charge on any atom is -0.309 e. The number of para-hydroxylation sites is 2. The first kappa shape index (κ1) is 34.9. The number of nitrogens with zero attached hydrogens (tertiary/aromatic N) is 3. The van der Waals surface area contributed by atoms with Crippen LogP contribution in [0.4, 0.5) is 0 Å². The van der Waals surface area contributed by atoms with Crippen molar-refractivity contribution in [3.8, 4) is 22.6 Å². The van der Waals surface area contributed by atoms with Gasteiger partial charge in [0, 0.05) is 47.3 Å². The van der Waals surface area contributed by atoms with Crippen LogP contribution in [0.1, 0.15) is 25.0 Å². The smallest absolute Gasteiger partial charge is 0.138 e. The predicted molar refractivity (Wildman–Crippen MR) is 250 cm³/mol. The molecule has 0 saturated carbocycles. The van der Waals surface area contributed by atoms with Gasteiger partial charge in [-0.15, -0.1) is 10.0 Å². The average molecular weight is 788 g/mol. The fourth-order valence-electron chi connectivity index (χ4n) is 10.2. The normalized spacial score (nSPS) is 13.6. The molecule has 3 aromatic heterocycles. The zero-order valence-electron chi connectivity index (χ0n) is 33.5. The van der Waals surface area contributed by atoms with Gasteiger partial charge in [0.15, 0.2) is 0 Å². The van der Waals surface area contributed by atoms with Gasteiger partial charge >= 0.3 is 0 Å². The van der Waals surface area contributed by atoms with E-state index in [0.717, 1.165) is 22.0 Å². The van der Waals surface area contributed by atoms with E-state index in [9.17, 15) is 0 Å². The number of pyridine rings is 1. The van der Waals surface area contributed by atoms with E-state index in [0.29, 0.717) is 0 Å². The van der Waals surface area contributed by atoms with Crippen molar-refractivity contribution >= 4 is 53.6 Å². The fourth-order valence-corrected chi connectivity index (χ4v) is 14.0. The number of hydrogen-bond donors (Lipinski definition) is 0. The summed E-state index contributed by atoms with van der Waals surface area (Å²) in [4.78, 5) is 9.59. The molecule has 0 atom stereocenters. The molecular weight excluding hydrogens is 747 g/mol. The Morgan fingerprint density at radius 1 is 0.417 bits per heavy atom. The lowest BCUT2D eigenvalue weighted by molar-refractivity contribution is 0.660. The Bertz CT molecular complexity index is 3360. The van der Waals surface area contributed by atoms with Crippen LogP contribution in [0, 0.1) is 0 Å². The van der Waals surface area contributed by atoms with Crippen molar-refractivity contribution in [3.63, 3.8) is 0 Å². The van der Waals surface area contributed by atoms with Crippen LogP contribution in [-0.2, 0) is 5.41 Å². The van der Waals surface area contributed by atoms with Crippen LogP contribution in [0.15, 0.2) is 232 Å². The molecule has 0 saturated heterocycles. The molecule has 1 aliphatic rings. The Morgan fingerprint density at radius 2 is 0.983 bits per heavy atom. The quantitative estimate of drug-likeness (QED) is 0.165.